The minimum absolute atomic E-state index is 0.151. The summed E-state index contributed by atoms with van der Waals surface area (Å²) in [5.74, 6) is 1.69. The van der Waals surface area contributed by atoms with E-state index in [0.29, 0.717) is 23.0 Å². The van der Waals surface area contributed by atoms with Crippen LogP contribution in [0.2, 0.25) is 0 Å². The maximum absolute atomic E-state index is 10.9. The zero-order chi connectivity index (χ0) is 12.1. The van der Waals surface area contributed by atoms with Crippen LogP contribution in [0.15, 0.2) is 18.2 Å². The van der Waals surface area contributed by atoms with Gasteiger partial charge in [-0.1, -0.05) is 6.07 Å². The van der Waals surface area contributed by atoms with Crippen molar-refractivity contribution < 1.29 is 19.0 Å². The van der Waals surface area contributed by atoms with E-state index in [0.717, 1.165) is 12.9 Å². The van der Waals surface area contributed by atoms with Gasteiger partial charge in [-0.15, -0.1) is 0 Å². The molecule has 0 atom stereocenters. The Morgan fingerprint density at radius 1 is 1.41 bits per heavy atom. The van der Waals surface area contributed by atoms with Crippen molar-refractivity contribution in [2.75, 3.05) is 20.5 Å². The molecule has 0 bridgehead atoms. The van der Waals surface area contributed by atoms with Crippen molar-refractivity contribution in [2.24, 2.45) is 5.92 Å². The van der Waals surface area contributed by atoms with Crippen LogP contribution in [0.1, 0.15) is 23.2 Å². The van der Waals surface area contributed by atoms with Crippen molar-refractivity contribution in [2.45, 2.75) is 12.8 Å². The number of hydrogen-bond acceptors (Lipinski definition) is 4. The number of carbonyl (C=O) groups is 1. The van der Waals surface area contributed by atoms with Gasteiger partial charge in [0, 0.05) is 0 Å². The molecular formula is C13H16O4. The van der Waals surface area contributed by atoms with Gasteiger partial charge >= 0.3 is 0 Å². The molecule has 0 spiro atoms. The third-order valence-electron chi connectivity index (χ3n) is 2.69. The number of methoxy groups -OCH3 is 1. The van der Waals surface area contributed by atoms with E-state index in [-0.39, 0.29) is 6.79 Å². The second-order valence-corrected chi connectivity index (χ2v) is 4.07. The maximum Gasteiger partial charge on any atom is 0.189 e. The second-order valence-electron chi connectivity index (χ2n) is 4.07. The van der Waals surface area contributed by atoms with Crippen molar-refractivity contribution in [3.8, 4) is 11.5 Å². The number of rotatable bonds is 7. The van der Waals surface area contributed by atoms with E-state index < -0.39 is 0 Å². The van der Waals surface area contributed by atoms with Gasteiger partial charge in [0.15, 0.2) is 24.6 Å². The highest BCUT2D eigenvalue weighted by atomic mass is 16.7. The van der Waals surface area contributed by atoms with Gasteiger partial charge in [0.1, 0.15) is 0 Å². The topological polar surface area (TPSA) is 44.8 Å². The zero-order valence-corrected chi connectivity index (χ0v) is 9.85. The highest BCUT2D eigenvalue weighted by molar-refractivity contribution is 5.81. The maximum atomic E-state index is 10.9. The van der Waals surface area contributed by atoms with Crippen LogP contribution in [-0.4, -0.2) is 26.8 Å². The van der Waals surface area contributed by atoms with Crippen molar-refractivity contribution in [3.05, 3.63) is 23.8 Å². The van der Waals surface area contributed by atoms with Crippen LogP contribution >= 0.6 is 0 Å². The zero-order valence-electron chi connectivity index (χ0n) is 9.85. The van der Waals surface area contributed by atoms with E-state index in [2.05, 4.69) is 0 Å². The summed E-state index contributed by atoms with van der Waals surface area (Å²) >= 11 is 0. The largest absolute Gasteiger partial charge is 0.493 e. The van der Waals surface area contributed by atoms with Gasteiger partial charge in [-0.05, 0) is 30.9 Å². The van der Waals surface area contributed by atoms with Crippen LogP contribution in [0.25, 0.3) is 0 Å². The molecular weight excluding hydrogens is 220 g/mol. The first-order valence-corrected chi connectivity index (χ1v) is 5.68. The van der Waals surface area contributed by atoms with Crippen LogP contribution in [0, 0.1) is 5.92 Å². The number of ether oxygens (including phenoxy) is 3. The molecule has 1 fully saturated rings. The van der Waals surface area contributed by atoms with Gasteiger partial charge in [0.25, 0.3) is 0 Å². The van der Waals surface area contributed by atoms with Crippen molar-refractivity contribution >= 4 is 6.29 Å². The Labute approximate surface area is 100 Å². The van der Waals surface area contributed by atoms with Crippen LogP contribution in [-0.2, 0) is 4.74 Å². The lowest BCUT2D eigenvalue weighted by molar-refractivity contribution is 0.00837. The van der Waals surface area contributed by atoms with Gasteiger partial charge in [-0.2, -0.15) is 0 Å². The van der Waals surface area contributed by atoms with Gasteiger partial charge in [-0.25, -0.2) is 0 Å². The predicted octanol–water partition coefficient (Wildman–Crippen LogP) is 2.27. The number of carbonyl (C=O) groups excluding carboxylic acids is 1. The number of para-hydroxylation sites is 1. The Morgan fingerprint density at radius 3 is 2.88 bits per heavy atom. The van der Waals surface area contributed by atoms with Crippen LogP contribution < -0.4 is 9.47 Å². The molecule has 1 saturated carbocycles. The highest BCUT2D eigenvalue weighted by Crippen LogP contribution is 2.31. The Bertz CT molecular complexity index is 385. The first-order chi connectivity index (χ1) is 8.35. The lowest BCUT2D eigenvalue weighted by atomic mass is 10.2. The summed E-state index contributed by atoms with van der Waals surface area (Å²) in [6, 6.07) is 5.19. The van der Waals surface area contributed by atoms with E-state index >= 15 is 0 Å². The summed E-state index contributed by atoms with van der Waals surface area (Å²) in [5, 5.41) is 0. The fourth-order valence-corrected chi connectivity index (χ4v) is 1.54. The van der Waals surface area contributed by atoms with Crippen molar-refractivity contribution in [1.82, 2.24) is 0 Å². The Balaban J connectivity index is 1.93. The lowest BCUT2D eigenvalue weighted by Crippen LogP contribution is -2.07. The summed E-state index contributed by atoms with van der Waals surface area (Å²) in [4.78, 5) is 10.9. The lowest BCUT2D eigenvalue weighted by Gasteiger charge is -2.12. The number of benzene rings is 1. The van der Waals surface area contributed by atoms with Crippen LogP contribution in [0.5, 0.6) is 11.5 Å². The Kier molecular flexibility index (Phi) is 3.98. The summed E-state index contributed by atoms with van der Waals surface area (Å²) in [6.07, 6.45) is 3.24. The van der Waals surface area contributed by atoms with E-state index in [1.807, 2.05) is 0 Å². The minimum Gasteiger partial charge on any atom is -0.493 e. The third-order valence-corrected chi connectivity index (χ3v) is 2.69. The average molecular weight is 236 g/mol. The molecule has 92 valence electrons. The normalized spacial score (nSPS) is 14.4. The second kappa shape index (κ2) is 5.68. The number of aldehydes is 1. The molecule has 0 aliphatic heterocycles. The minimum atomic E-state index is 0.151. The number of hydrogen-bond donors (Lipinski definition) is 0. The molecule has 1 aliphatic rings. The summed E-state index contributed by atoms with van der Waals surface area (Å²) < 4.78 is 16.0. The van der Waals surface area contributed by atoms with Crippen LogP contribution in [0.3, 0.4) is 0 Å². The quantitative estimate of drug-likeness (QED) is 0.414. The van der Waals surface area contributed by atoms with Crippen molar-refractivity contribution in [1.29, 1.82) is 0 Å². The first-order valence-electron chi connectivity index (χ1n) is 5.68. The first kappa shape index (κ1) is 11.9. The fraction of sp³-hybridized carbons (Fsp3) is 0.462. The van der Waals surface area contributed by atoms with Gasteiger partial charge in [-0.3, -0.25) is 4.79 Å². The molecule has 1 aromatic carbocycles. The summed E-state index contributed by atoms with van der Waals surface area (Å²) in [7, 11) is 1.54. The predicted molar refractivity (Wildman–Crippen MR) is 62.6 cm³/mol. The fourth-order valence-electron chi connectivity index (χ4n) is 1.54. The molecule has 0 unspecified atom stereocenters. The molecule has 0 saturated heterocycles. The van der Waals surface area contributed by atoms with Gasteiger partial charge < -0.3 is 14.2 Å². The molecule has 1 aromatic rings. The molecule has 0 aromatic heterocycles. The van der Waals surface area contributed by atoms with Crippen molar-refractivity contribution in [3.63, 3.8) is 0 Å². The third kappa shape index (κ3) is 3.20. The van der Waals surface area contributed by atoms with E-state index in [1.54, 1.807) is 25.3 Å². The smallest absolute Gasteiger partial charge is 0.189 e. The molecule has 0 amide bonds. The molecule has 0 heterocycles. The molecule has 0 N–H and O–H groups in total. The SMILES string of the molecule is COc1cccc(C=O)c1OCOCC1CC1. The highest BCUT2D eigenvalue weighted by Gasteiger charge is 2.21. The molecule has 4 heteroatoms. The van der Waals surface area contributed by atoms with E-state index in [9.17, 15) is 4.79 Å². The molecule has 1 aliphatic carbocycles. The van der Waals surface area contributed by atoms with Gasteiger partial charge in [0.05, 0.1) is 19.3 Å². The monoisotopic (exact) mass is 236 g/mol. The molecule has 0 radical (unpaired) electrons. The standard InChI is InChI=1S/C13H16O4/c1-15-12-4-2-3-11(7-14)13(12)17-9-16-8-10-5-6-10/h2-4,7,10H,5-6,8-9H2,1H3. The Morgan fingerprint density at radius 2 is 2.24 bits per heavy atom. The Hall–Kier alpha value is -1.55. The van der Waals surface area contributed by atoms with Crippen LogP contribution in [0.4, 0.5) is 0 Å². The average Bonchev–Trinajstić information content (AvgIpc) is 3.18. The van der Waals surface area contributed by atoms with E-state index in [1.165, 1.54) is 12.8 Å². The summed E-state index contributed by atoms with van der Waals surface area (Å²) in [6.45, 7) is 0.878. The van der Waals surface area contributed by atoms with E-state index in [4.69, 9.17) is 14.2 Å². The summed E-state index contributed by atoms with van der Waals surface area (Å²) in [5.41, 5.74) is 0.472. The van der Waals surface area contributed by atoms with Gasteiger partial charge in [0.2, 0.25) is 0 Å². The molecule has 17 heavy (non-hydrogen) atoms. The molecule has 2 rings (SSSR count). The molecule has 4 nitrogen and oxygen atoms in total.